The van der Waals surface area contributed by atoms with Crippen LogP contribution in [0, 0.1) is 11.2 Å². The second-order valence-electron chi connectivity index (χ2n) is 8.87. The third-order valence-electron chi connectivity index (χ3n) is 6.02. The number of rotatable bonds is 8. The summed E-state index contributed by atoms with van der Waals surface area (Å²) in [4.78, 5) is 12.2. The van der Waals surface area contributed by atoms with Gasteiger partial charge in [0.25, 0.3) is 10.0 Å². The van der Waals surface area contributed by atoms with Gasteiger partial charge in [0.15, 0.2) is 0 Å². The lowest BCUT2D eigenvalue weighted by molar-refractivity contribution is -0.134. The van der Waals surface area contributed by atoms with E-state index < -0.39 is 21.8 Å². The van der Waals surface area contributed by atoms with Crippen molar-refractivity contribution >= 4 is 52.1 Å². The topological polar surface area (TPSA) is 101 Å². The fraction of sp³-hybridized carbons (Fsp3) is 0.143. The molecule has 7 nitrogen and oxygen atoms in total. The first-order chi connectivity index (χ1) is 18.1. The average Bonchev–Trinajstić information content (AvgIpc) is 3.23. The zero-order valence-corrected chi connectivity index (χ0v) is 21.8. The molecule has 1 aromatic heterocycles. The van der Waals surface area contributed by atoms with Crippen LogP contribution in [0.5, 0.6) is 0 Å². The van der Waals surface area contributed by atoms with E-state index in [0.717, 1.165) is 12.3 Å². The highest BCUT2D eigenvalue weighted by molar-refractivity contribution is 7.92. The van der Waals surface area contributed by atoms with E-state index in [1.165, 1.54) is 31.4 Å². The molecule has 2 radical (unpaired) electrons. The van der Waals surface area contributed by atoms with Crippen LogP contribution in [-0.4, -0.2) is 40.1 Å². The summed E-state index contributed by atoms with van der Waals surface area (Å²) in [6.45, 7) is 3.89. The first-order valence-corrected chi connectivity index (χ1v) is 13.2. The Balaban J connectivity index is 2.07. The lowest BCUT2D eigenvalue weighted by Gasteiger charge is -2.16. The van der Waals surface area contributed by atoms with Crippen LogP contribution in [0.1, 0.15) is 36.6 Å². The summed E-state index contributed by atoms with van der Waals surface area (Å²) in [5.74, 6) is -1.18. The van der Waals surface area contributed by atoms with E-state index in [0.29, 0.717) is 33.4 Å². The van der Waals surface area contributed by atoms with Gasteiger partial charge >= 0.3 is 5.97 Å². The summed E-state index contributed by atoms with van der Waals surface area (Å²) in [5, 5.41) is 8.54. The molecular formula is C28H25BFN3O4S. The van der Waals surface area contributed by atoms with Gasteiger partial charge < -0.3 is 14.7 Å². The van der Waals surface area contributed by atoms with E-state index in [4.69, 9.17) is 18.0 Å². The molecular weight excluding hydrogens is 504 g/mol. The Bertz CT molecular complexity index is 1660. The molecule has 0 amide bonds. The fourth-order valence-corrected chi connectivity index (χ4v) is 5.46. The summed E-state index contributed by atoms with van der Waals surface area (Å²) in [6.07, 6.45) is 2.21. The number of aromatic nitrogens is 1. The van der Waals surface area contributed by atoms with Crippen molar-refractivity contribution in [2.45, 2.75) is 24.7 Å². The minimum Gasteiger partial charge on any atom is -0.466 e. The van der Waals surface area contributed by atoms with E-state index in [1.807, 2.05) is 18.4 Å². The predicted molar refractivity (Wildman–Crippen MR) is 148 cm³/mol. The van der Waals surface area contributed by atoms with Gasteiger partial charge in [-0.1, -0.05) is 37.5 Å². The molecule has 0 atom stereocenters. The van der Waals surface area contributed by atoms with Crippen LogP contribution in [0.25, 0.3) is 22.1 Å². The lowest BCUT2D eigenvalue weighted by atomic mass is 9.84. The second-order valence-corrected chi connectivity index (χ2v) is 10.6. The van der Waals surface area contributed by atoms with E-state index in [-0.39, 0.29) is 22.0 Å². The molecule has 0 spiro atoms. The van der Waals surface area contributed by atoms with Gasteiger partial charge in [0.05, 0.1) is 23.2 Å². The molecule has 0 aliphatic heterocycles. The molecule has 0 aliphatic rings. The van der Waals surface area contributed by atoms with Crippen molar-refractivity contribution in [2.24, 2.45) is 0 Å². The minimum absolute atomic E-state index is 0.0631. The standard InChI is InChI=1S/C28H25BFN3O4S/c1-17(2)28-27(23(29)15-26(34)37-3)22-14-24(32-38(35,36)21-7-5-4-6-8-21)18(16-31)13-25(22)33(28)20-11-9-19(30)10-12-20/h4-17,31-32H,1-3H3/b23-15-,31-16?. The number of nitrogens with one attached hydrogen (secondary N) is 2. The van der Waals surface area contributed by atoms with Crippen molar-refractivity contribution in [1.29, 1.82) is 5.41 Å². The number of esters is 1. The van der Waals surface area contributed by atoms with Crippen LogP contribution >= 0.6 is 0 Å². The molecule has 4 aromatic rings. The maximum Gasteiger partial charge on any atom is 0.329 e. The number of carbonyl (C=O) groups excluding carboxylic acids is 1. The fourth-order valence-electron chi connectivity index (χ4n) is 4.36. The molecule has 3 aromatic carbocycles. The Kier molecular flexibility index (Phi) is 7.55. The summed E-state index contributed by atoms with van der Waals surface area (Å²) >= 11 is 0. The van der Waals surface area contributed by atoms with Crippen LogP contribution in [-0.2, 0) is 19.6 Å². The molecule has 0 saturated carbocycles. The Labute approximate surface area is 221 Å². The van der Waals surface area contributed by atoms with Gasteiger partial charge in [0, 0.05) is 34.6 Å². The van der Waals surface area contributed by atoms with Crippen molar-refractivity contribution < 1.29 is 22.3 Å². The number of methoxy groups -OCH3 is 1. The number of fused-ring (bicyclic) bond motifs is 1. The molecule has 2 N–H and O–H groups in total. The number of nitrogens with zero attached hydrogens (tertiary/aromatic N) is 1. The normalized spacial score (nSPS) is 12.1. The number of hydrogen-bond acceptors (Lipinski definition) is 5. The highest BCUT2D eigenvalue weighted by Gasteiger charge is 2.24. The maximum absolute atomic E-state index is 13.8. The zero-order chi connectivity index (χ0) is 27.6. The number of benzene rings is 3. The van der Waals surface area contributed by atoms with Gasteiger partial charge in [0.1, 0.15) is 13.7 Å². The highest BCUT2D eigenvalue weighted by Crippen LogP contribution is 2.40. The van der Waals surface area contributed by atoms with Crippen LogP contribution in [0.15, 0.2) is 77.7 Å². The molecule has 0 bridgehead atoms. The molecule has 1 heterocycles. The highest BCUT2D eigenvalue weighted by atomic mass is 32.2. The van der Waals surface area contributed by atoms with Crippen LogP contribution in [0.4, 0.5) is 10.1 Å². The Morgan fingerprint density at radius 2 is 1.76 bits per heavy atom. The molecule has 0 saturated heterocycles. The van der Waals surface area contributed by atoms with Crippen molar-refractivity contribution in [3.8, 4) is 5.69 Å². The minimum atomic E-state index is -3.97. The lowest BCUT2D eigenvalue weighted by Crippen LogP contribution is -2.14. The molecule has 192 valence electrons. The second kappa shape index (κ2) is 10.7. The number of halogens is 1. The number of hydrogen-bond donors (Lipinski definition) is 2. The summed E-state index contributed by atoms with van der Waals surface area (Å²) in [6, 6.07) is 17.0. The SMILES string of the molecule is [B]/C(=C\C(=O)OC)c1c(C(C)C)n(-c2ccc(F)cc2)c2cc(C=N)c(NS(=O)(=O)c3ccccc3)cc12. The van der Waals surface area contributed by atoms with Gasteiger partial charge in [-0.3, -0.25) is 4.72 Å². The van der Waals surface area contributed by atoms with Crippen molar-refractivity contribution in [3.05, 3.63) is 95.4 Å². The van der Waals surface area contributed by atoms with Crippen LogP contribution in [0.2, 0.25) is 0 Å². The third kappa shape index (κ3) is 5.12. The summed E-state index contributed by atoms with van der Waals surface area (Å²) in [5.41, 5.74) is 3.02. The van der Waals surface area contributed by atoms with Crippen molar-refractivity contribution in [2.75, 3.05) is 11.8 Å². The third-order valence-corrected chi connectivity index (χ3v) is 7.40. The Morgan fingerprint density at radius 1 is 1.11 bits per heavy atom. The van der Waals surface area contributed by atoms with Gasteiger partial charge in [-0.05, 0) is 60.0 Å². The van der Waals surface area contributed by atoms with Gasteiger partial charge in [-0.2, -0.15) is 0 Å². The average molecular weight is 529 g/mol. The number of sulfonamides is 1. The van der Waals surface area contributed by atoms with E-state index >= 15 is 0 Å². The van der Waals surface area contributed by atoms with Gasteiger partial charge in [-0.15, -0.1) is 0 Å². The number of carbonyl (C=O) groups is 1. The Hall–Kier alpha value is -4.18. The van der Waals surface area contributed by atoms with Crippen LogP contribution in [0.3, 0.4) is 0 Å². The number of anilines is 1. The molecule has 4 rings (SSSR count). The molecule has 38 heavy (non-hydrogen) atoms. The molecule has 0 aliphatic carbocycles. The van der Waals surface area contributed by atoms with Crippen molar-refractivity contribution in [3.63, 3.8) is 0 Å². The van der Waals surface area contributed by atoms with Gasteiger partial charge in [0.2, 0.25) is 0 Å². The van der Waals surface area contributed by atoms with Crippen LogP contribution < -0.4 is 4.72 Å². The first kappa shape index (κ1) is 26.9. The predicted octanol–water partition coefficient (Wildman–Crippen LogP) is 5.37. The van der Waals surface area contributed by atoms with Gasteiger partial charge in [-0.25, -0.2) is 17.6 Å². The molecule has 0 fully saturated rings. The van der Waals surface area contributed by atoms with E-state index in [9.17, 15) is 17.6 Å². The largest absolute Gasteiger partial charge is 0.466 e. The first-order valence-electron chi connectivity index (χ1n) is 11.7. The zero-order valence-electron chi connectivity index (χ0n) is 21.0. The molecule has 0 unspecified atom stereocenters. The molecule has 10 heteroatoms. The number of ether oxygens (including phenoxy) is 1. The summed E-state index contributed by atoms with van der Waals surface area (Å²) in [7, 11) is 3.71. The van der Waals surface area contributed by atoms with E-state index in [2.05, 4.69) is 4.72 Å². The Morgan fingerprint density at radius 3 is 2.34 bits per heavy atom. The quantitative estimate of drug-likeness (QED) is 0.139. The van der Waals surface area contributed by atoms with E-state index in [1.54, 1.807) is 42.5 Å². The smallest absolute Gasteiger partial charge is 0.329 e. The summed E-state index contributed by atoms with van der Waals surface area (Å²) < 4.78 is 49.2. The van der Waals surface area contributed by atoms with Crippen molar-refractivity contribution in [1.82, 2.24) is 4.57 Å². The monoisotopic (exact) mass is 529 g/mol. The maximum atomic E-state index is 13.8.